The molecule has 1 aliphatic heterocycles. The number of halogens is 2. The minimum Gasteiger partial charge on any atom is -0.356 e. The minimum atomic E-state index is -0.924. The molecule has 0 spiro atoms. The molecular weight excluding hydrogens is 310 g/mol. The molecule has 2 aromatic heterocycles. The maximum Gasteiger partial charge on any atom is 0.186 e. The topological polar surface area (TPSA) is 44.8 Å². The number of nitrogens with one attached hydrogen (secondary N) is 1. The van der Waals surface area contributed by atoms with Crippen LogP contribution >= 0.6 is 0 Å². The number of aromatic nitrogens is 3. The standard InChI is InChI=1S/C18H18F2N4/c1-11-6-9-24(10-7-11)18-12(3-2-8-21-18)17-22-14-5-4-13(19)15(20)16(14)23-17/h2-5,8,11H,6-7,9-10H2,1H3,(H,22,23). The van der Waals surface area contributed by atoms with Crippen LogP contribution in [0.3, 0.4) is 0 Å². The predicted octanol–water partition coefficient (Wildman–Crippen LogP) is 4.14. The van der Waals surface area contributed by atoms with Crippen LogP contribution in [0, 0.1) is 17.6 Å². The summed E-state index contributed by atoms with van der Waals surface area (Å²) in [7, 11) is 0. The van der Waals surface area contributed by atoms with E-state index in [-0.39, 0.29) is 5.52 Å². The number of imidazole rings is 1. The van der Waals surface area contributed by atoms with Crippen molar-refractivity contribution in [2.24, 2.45) is 5.92 Å². The molecule has 0 unspecified atom stereocenters. The number of benzene rings is 1. The van der Waals surface area contributed by atoms with Crippen LogP contribution in [0.1, 0.15) is 19.8 Å². The molecule has 0 aliphatic carbocycles. The molecule has 1 fully saturated rings. The van der Waals surface area contributed by atoms with Gasteiger partial charge < -0.3 is 9.88 Å². The zero-order chi connectivity index (χ0) is 16.7. The van der Waals surface area contributed by atoms with Gasteiger partial charge in [-0.15, -0.1) is 0 Å². The van der Waals surface area contributed by atoms with Crippen LogP contribution in [0.5, 0.6) is 0 Å². The Morgan fingerprint density at radius 3 is 2.75 bits per heavy atom. The Bertz CT molecular complexity index is 882. The first-order valence-electron chi connectivity index (χ1n) is 8.17. The van der Waals surface area contributed by atoms with Gasteiger partial charge in [-0.3, -0.25) is 0 Å². The molecule has 1 N–H and O–H groups in total. The van der Waals surface area contributed by atoms with Gasteiger partial charge in [-0.2, -0.15) is 0 Å². The van der Waals surface area contributed by atoms with Crippen molar-refractivity contribution in [2.75, 3.05) is 18.0 Å². The van der Waals surface area contributed by atoms with E-state index < -0.39 is 11.6 Å². The first-order valence-corrected chi connectivity index (χ1v) is 8.17. The minimum absolute atomic E-state index is 0.0204. The third kappa shape index (κ3) is 2.52. The van der Waals surface area contributed by atoms with Crippen LogP contribution in [-0.4, -0.2) is 28.0 Å². The van der Waals surface area contributed by atoms with E-state index in [0.29, 0.717) is 11.3 Å². The van der Waals surface area contributed by atoms with Crippen molar-refractivity contribution >= 4 is 16.9 Å². The van der Waals surface area contributed by atoms with Gasteiger partial charge in [-0.1, -0.05) is 6.92 Å². The van der Waals surface area contributed by atoms with Gasteiger partial charge in [-0.05, 0) is 43.0 Å². The summed E-state index contributed by atoms with van der Waals surface area (Å²) < 4.78 is 27.4. The molecular formula is C18H18F2N4. The second kappa shape index (κ2) is 5.85. The molecule has 124 valence electrons. The molecule has 1 aromatic carbocycles. The first-order chi connectivity index (χ1) is 11.6. The number of aromatic amines is 1. The molecule has 3 aromatic rings. The van der Waals surface area contributed by atoms with Crippen molar-refractivity contribution in [3.63, 3.8) is 0 Å². The Labute approximate surface area is 138 Å². The van der Waals surface area contributed by atoms with Crippen LogP contribution in [0.25, 0.3) is 22.4 Å². The quantitative estimate of drug-likeness (QED) is 0.769. The SMILES string of the molecule is CC1CCN(c2ncccc2-c2nc3c(F)c(F)ccc3[nH]2)CC1. The van der Waals surface area contributed by atoms with E-state index in [1.807, 2.05) is 12.1 Å². The highest BCUT2D eigenvalue weighted by atomic mass is 19.2. The van der Waals surface area contributed by atoms with Crippen LogP contribution in [-0.2, 0) is 0 Å². The summed E-state index contributed by atoms with van der Waals surface area (Å²) in [4.78, 5) is 14.1. The van der Waals surface area contributed by atoms with Gasteiger partial charge in [0.15, 0.2) is 11.6 Å². The van der Waals surface area contributed by atoms with E-state index in [1.54, 1.807) is 6.20 Å². The summed E-state index contributed by atoms with van der Waals surface area (Å²) in [5.41, 5.74) is 1.31. The average Bonchev–Trinajstić information content (AvgIpc) is 3.04. The summed E-state index contributed by atoms with van der Waals surface area (Å²) in [6.07, 6.45) is 3.99. The number of H-pyrrole nitrogens is 1. The van der Waals surface area contributed by atoms with Gasteiger partial charge in [0.2, 0.25) is 0 Å². The fourth-order valence-electron chi connectivity index (χ4n) is 3.20. The number of anilines is 1. The van der Waals surface area contributed by atoms with Gasteiger partial charge in [0.05, 0.1) is 11.1 Å². The second-order valence-corrected chi connectivity index (χ2v) is 6.39. The molecule has 0 radical (unpaired) electrons. The molecule has 1 aliphatic rings. The number of fused-ring (bicyclic) bond motifs is 1. The monoisotopic (exact) mass is 328 g/mol. The van der Waals surface area contributed by atoms with Crippen LogP contribution in [0.2, 0.25) is 0 Å². The number of nitrogens with zero attached hydrogens (tertiary/aromatic N) is 3. The van der Waals surface area contributed by atoms with E-state index in [9.17, 15) is 8.78 Å². The summed E-state index contributed by atoms with van der Waals surface area (Å²) in [5.74, 6) is 0.251. The van der Waals surface area contributed by atoms with Gasteiger partial charge in [0, 0.05) is 19.3 Å². The molecule has 4 nitrogen and oxygen atoms in total. The Morgan fingerprint density at radius 1 is 1.17 bits per heavy atom. The van der Waals surface area contributed by atoms with E-state index >= 15 is 0 Å². The molecule has 6 heteroatoms. The molecule has 24 heavy (non-hydrogen) atoms. The van der Waals surface area contributed by atoms with Gasteiger partial charge in [0.25, 0.3) is 0 Å². The molecule has 0 saturated carbocycles. The Kier molecular flexibility index (Phi) is 3.67. The Balaban J connectivity index is 1.78. The molecule has 3 heterocycles. The Morgan fingerprint density at radius 2 is 1.96 bits per heavy atom. The highest BCUT2D eigenvalue weighted by molar-refractivity contribution is 5.82. The molecule has 0 bridgehead atoms. The van der Waals surface area contributed by atoms with Gasteiger partial charge in [-0.25, -0.2) is 18.7 Å². The number of rotatable bonds is 2. The lowest BCUT2D eigenvalue weighted by Gasteiger charge is -2.32. The maximum absolute atomic E-state index is 13.9. The lowest BCUT2D eigenvalue weighted by atomic mass is 9.99. The second-order valence-electron chi connectivity index (χ2n) is 6.39. The number of hydrogen-bond acceptors (Lipinski definition) is 3. The van der Waals surface area contributed by atoms with Crippen LogP contribution in [0.4, 0.5) is 14.6 Å². The van der Waals surface area contributed by atoms with Crippen molar-refractivity contribution in [1.29, 1.82) is 0 Å². The Hall–Kier alpha value is -2.50. The largest absolute Gasteiger partial charge is 0.356 e. The van der Waals surface area contributed by atoms with Gasteiger partial charge >= 0.3 is 0 Å². The number of pyridine rings is 1. The smallest absolute Gasteiger partial charge is 0.186 e. The summed E-state index contributed by atoms with van der Waals surface area (Å²) in [5, 5.41) is 0. The lowest BCUT2D eigenvalue weighted by molar-refractivity contribution is 0.437. The molecule has 0 amide bonds. The third-order valence-corrected chi connectivity index (χ3v) is 4.67. The summed E-state index contributed by atoms with van der Waals surface area (Å²) >= 11 is 0. The van der Waals surface area contributed by atoms with Crippen molar-refractivity contribution in [1.82, 2.24) is 15.0 Å². The molecule has 1 saturated heterocycles. The van der Waals surface area contributed by atoms with Crippen molar-refractivity contribution in [2.45, 2.75) is 19.8 Å². The number of hydrogen-bond donors (Lipinski definition) is 1. The maximum atomic E-state index is 13.9. The van der Waals surface area contributed by atoms with E-state index in [0.717, 1.165) is 49.3 Å². The van der Waals surface area contributed by atoms with E-state index in [1.165, 1.54) is 6.07 Å². The lowest BCUT2D eigenvalue weighted by Crippen LogP contribution is -2.33. The van der Waals surface area contributed by atoms with Crippen molar-refractivity contribution < 1.29 is 8.78 Å². The van der Waals surface area contributed by atoms with Crippen LogP contribution in [0.15, 0.2) is 30.5 Å². The highest BCUT2D eigenvalue weighted by Gasteiger charge is 2.21. The van der Waals surface area contributed by atoms with Crippen LogP contribution < -0.4 is 4.90 Å². The zero-order valence-corrected chi connectivity index (χ0v) is 13.4. The normalized spacial score (nSPS) is 16.0. The predicted molar refractivity (Wildman–Crippen MR) is 89.9 cm³/mol. The highest BCUT2D eigenvalue weighted by Crippen LogP contribution is 2.31. The first kappa shape index (κ1) is 15.1. The van der Waals surface area contributed by atoms with Gasteiger partial charge in [0.1, 0.15) is 17.2 Å². The summed E-state index contributed by atoms with van der Waals surface area (Å²) in [6, 6.07) is 6.35. The fraction of sp³-hybridized carbons (Fsp3) is 0.333. The van der Waals surface area contributed by atoms with E-state index in [4.69, 9.17) is 0 Å². The van der Waals surface area contributed by atoms with Crippen molar-refractivity contribution in [3.8, 4) is 11.4 Å². The molecule has 4 rings (SSSR count). The number of piperidine rings is 1. The zero-order valence-electron chi connectivity index (χ0n) is 13.4. The van der Waals surface area contributed by atoms with Crippen molar-refractivity contribution in [3.05, 3.63) is 42.1 Å². The molecule has 0 atom stereocenters. The average molecular weight is 328 g/mol. The third-order valence-electron chi connectivity index (χ3n) is 4.67. The fourth-order valence-corrected chi connectivity index (χ4v) is 3.20. The van der Waals surface area contributed by atoms with E-state index in [2.05, 4.69) is 26.8 Å². The summed E-state index contributed by atoms with van der Waals surface area (Å²) in [6.45, 7) is 4.13.